The molecule has 11 heteroatoms. The monoisotopic (exact) mass is 563 g/mol. The number of carbonyl (C=O) groups is 1. The Balaban J connectivity index is 1.35. The number of hydrogen-bond acceptors (Lipinski definition) is 4. The SMILES string of the molecule is Cc1nnc([C@H]2CCCN2C(=O)N[C@H]2CCOc3cc(C(F)(F)F)ccc32)n1Cc1cccc(Br)c1. The highest BCUT2D eigenvalue weighted by Crippen LogP contribution is 2.39. The van der Waals surface area contributed by atoms with Crippen LogP contribution in [0.5, 0.6) is 5.75 Å². The molecule has 3 heterocycles. The first kappa shape index (κ1) is 24.6. The number of ether oxygens (including phenoxy) is 1. The molecule has 2 aliphatic heterocycles. The summed E-state index contributed by atoms with van der Waals surface area (Å²) >= 11 is 3.50. The number of alkyl halides is 3. The molecule has 2 aliphatic rings. The minimum atomic E-state index is -4.46. The number of likely N-dealkylation sites (tertiary alicyclic amines) is 1. The van der Waals surface area contributed by atoms with Gasteiger partial charge in [-0.2, -0.15) is 13.2 Å². The van der Waals surface area contributed by atoms with Gasteiger partial charge in [-0.1, -0.05) is 34.1 Å². The van der Waals surface area contributed by atoms with E-state index in [1.165, 1.54) is 6.07 Å². The van der Waals surface area contributed by atoms with Gasteiger partial charge in [0.05, 0.1) is 30.8 Å². The maximum Gasteiger partial charge on any atom is 0.416 e. The number of halogens is 4. The molecule has 3 aromatic rings. The Morgan fingerprint density at radius 3 is 2.81 bits per heavy atom. The zero-order valence-electron chi connectivity index (χ0n) is 19.6. The van der Waals surface area contributed by atoms with Gasteiger partial charge in [0.15, 0.2) is 5.82 Å². The summed E-state index contributed by atoms with van der Waals surface area (Å²) in [4.78, 5) is 15.1. The number of nitrogens with zero attached hydrogens (tertiary/aromatic N) is 4. The molecule has 2 atom stereocenters. The van der Waals surface area contributed by atoms with E-state index >= 15 is 0 Å². The van der Waals surface area contributed by atoms with Crippen molar-refractivity contribution in [2.45, 2.75) is 51.0 Å². The maximum absolute atomic E-state index is 13.4. The Morgan fingerprint density at radius 2 is 2.03 bits per heavy atom. The molecule has 0 saturated carbocycles. The predicted molar refractivity (Wildman–Crippen MR) is 130 cm³/mol. The number of nitrogens with one attached hydrogen (secondary N) is 1. The van der Waals surface area contributed by atoms with Crippen LogP contribution in [0.4, 0.5) is 18.0 Å². The summed E-state index contributed by atoms with van der Waals surface area (Å²) < 4.78 is 47.8. The molecule has 5 rings (SSSR count). The Hall–Kier alpha value is -3.08. The number of carbonyl (C=O) groups excluding carboxylic acids is 1. The van der Waals surface area contributed by atoms with E-state index in [0.717, 1.165) is 46.7 Å². The molecule has 2 amide bonds. The van der Waals surface area contributed by atoms with Crippen LogP contribution in [0.1, 0.15) is 59.7 Å². The lowest BCUT2D eigenvalue weighted by Crippen LogP contribution is -2.43. The molecule has 0 aliphatic carbocycles. The number of benzene rings is 2. The number of aryl methyl sites for hydroxylation is 1. The molecule has 1 N–H and O–H groups in total. The Morgan fingerprint density at radius 1 is 1.19 bits per heavy atom. The molecule has 0 bridgehead atoms. The summed E-state index contributed by atoms with van der Waals surface area (Å²) in [5.41, 5.74) is 0.861. The fourth-order valence-corrected chi connectivity index (χ4v) is 5.33. The van der Waals surface area contributed by atoms with Crippen molar-refractivity contribution in [1.82, 2.24) is 25.0 Å². The molecule has 1 fully saturated rings. The van der Waals surface area contributed by atoms with Crippen LogP contribution in [-0.2, 0) is 12.7 Å². The van der Waals surface area contributed by atoms with Crippen molar-refractivity contribution in [2.24, 2.45) is 0 Å². The summed E-state index contributed by atoms with van der Waals surface area (Å²) in [6.07, 6.45) is -2.41. The first-order valence-electron chi connectivity index (χ1n) is 11.8. The van der Waals surface area contributed by atoms with Crippen molar-refractivity contribution in [1.29, 1.82) is 0 Å². The lowest BCUT2D eigenvalue weighted by atomic mass is 9.98. The molecule has 190 valence electrons. The Bertz CT molecular complexity index is 1280. The normalized spacial score (nSPS) is 19.6. The van der Waals surface area contributed by atoms with E-state index in [1.54, 1.807) is 4.90 Å². The second kappa shape index (κ2) is 9.76. The molecule has 36 heavy (non-hydrogen) atoms. The van der Waals surface area contributed by atoms with Gasteiger partial charge in [-0.25, -0.2) is 4.79 Å². The zero-order chi connectivity index (χ0) is 25.4. The van der Waals surface area contributed by atoms with Crippen molar-refractivity contribution >= 4 is 22.0 Å². The summed E-state index contributed by atoms with van der Waals surface area (Å²) in [6.45, 7) is 3.25. The van der Waals surface area contributed by atoms with Crippen molar-refractivity contribution in [3.8, 4) is 5.75 Å². The summed E-state index contributed by atoms with van der Waals surface area (Å²) in [6, 6.07) is 10.5. The number of aromatic nitrogens is 3. The van der Waals surface area contributed by atoms with E-state index in [2.05, 4.69) is 31.4 Å². The number of hydrogen-bond donors (Lipinski definition) is 1. The quantitative estimate of drug-likeness (QED) is 0.436. The minimum Gasteiger partial charge on any atom is -0.493 e. The molecular formula is C25H25BrF3N5O2. The summed E-state index contributed by atoms with van der Waals surface area (Å²) in [7, 11) is 0. The minimum absolute atomic E-state index is 0.156. The highest BCUT2D eigenvalue weighted by molar-refractivity contribution is 9.10. The smallest absolute Gasteiger partial charge is 0.416 e. The van der Waals surface area contributed by atoms with E-state index in [9.17, 15) is 18.0 Å². The highest BCUT2D eigenvalue weighted by atomic mass is 79.9. The van der Waals surface area contributed by atoms with Gasteiger partial charge in [0, 0.05) is 23.0 Å². The third-order valence-electron chi connectivity index (χ3n) is 6.68. The molecule has 0 spiro atoms. The average molecular weight is 564 g/mol. The van der Waals surface area contributed by atoms with Gasteiger partial charge < -0.3 is 19.5 Å². The molecule has 1 aromatic heterocycles. The average Bonchev–Trinajstić information content (AvgIpc) is 3.45. The third-order valence-corrected chi connectivity index (χ3v) is 7.18. The van der Waals surface area contributed by atoms with Gasteiger partial charge in [-0.3, -0.25) is 0 Å². The van der Waals surface area contributed by atoms with Crippen molar-refractivity contribution in [3.63, 3.8) is 0 Å². The van der Waals surface area contributed by atoms with Gasteiger partial charge in [0.2, 0.25) is 0 Å². The van der Waals surface area contributed by atoms with Gasteiger partial charge >= 0.3 is 12.2 Å². The van der Waals surface area contributed by atoms with E-state index in [4.69, 9.17) is 4.74 Å². The molecule has 0 radical (unpaired) electrons. The van der Waals surface area contributed by atoms with Crippen LogP contribution in [0.3, 0.4) is 0 Å². The summed E-state index contributed by atoms with van der Waals surface area (Å²) in [5.74, 6) is 1.64. The van der Waals surface area contributed by atoms with Crippen molar-refractivity contribution < 1.29 is 22.7 Å². The molecule has 0 unspecified atom stereocenters. The van der Waals surface area contributed by atoms with Crippen molar-refractivity contribution in [3.05, 3.63) is 75.3 Å². The van der Waals surface area contributed by atoms with E-state index in [1.807, 2.05) is 35.8 Å². The number of urea groups is 1. The van der Waals surface area contributed by atoms with Crippen LogP contribution in [-0.4, -0.2) is 38.8 Å². The first-order chi connectivity index (χ1) is 17.2. The Labute approximate surface area is 214 Å². The number of fused-ring (bicyclic) bond motifs is 1. The van der Waals surface area contributed by atoms with Crippen LogP contribution < -0.4 is 10.1 Å². The molecule has 2 aromatic carbocycles. The van der Waals surface area contributed by atoms with E-state index in [-0.39, 0.29) is 24.4 Å². The second-order valence-electron chi connectivity index (χ2n) is 9.06. The molecule has 7 nitrogen and oxygen atoms in total. The van der Waals surface area contributed by atoms with Crippen molar-refractivity contribution in [2.75, 3.05) is 13.2 Å². The van der Waals surface area contributed by atoms with Gasteiger partial charge in [0.25, 0.3) is 0 Å². The predicted octanol–water partition coefficient (Wildman–Crippen LogP) is 5.79. The molecule has 1 saturated heterocycles. The lowest BCUT2D eigenvalue weighted by molar-refractivity contribution is -0.137. The summed E-state index contributed by atoms with van der Waals surface area (Å²) in [5, 5.41) is 11.7. The van der Waals surface area contributed by atoms with Crippen LogP contribution in [0.25, 0.3) is 0 Å². The largest absolute Gasteiger partial charge is 0.493 e. The molecular weight excluding hydrogens is 539 g/mol. The standard InChI is InChI=1S/C25H25BrF3N5O2/c1-15-31-32-23(34(15)14-16-4-2-5-18(26)12-16)21-6-3-10-33(21)24(35)30-20-9-11-36-22-13-17(25(27,28)29)7-8-19(20)22/h2,4-5,7-8,12-13,20-21H,3,6,9-11,14H2,1H3,(H,30,35)/t20-,21+/m0/s1. The highest BCUT2D eigenvalue weighted by Gasteiger charge is 2.37. The van der Waals surface area contributed by atoms with Gasteiger partial charge in [0.1, 0.15) is 11.6 Å². The second-order valence-corrected chi connectivity index (χ2v) is 9.98. The topological polar surface area (TPSA) is 72.3 Å². The van der Waals surface area contributed by atoms with E-state index in [0.29, 0.717) is 25.1 Å². The van der Waals surface area contributed by atoms with Crippen LogP contribution in [0.15, 0.2) is 46.9 Å². The Kier molecular flexibility index (Phi) is 6.67. The van der Waals surface area contributed by atoms with Gasteiger partial charge in [-0.05, 0) is 49.6 Å². The van der Waals surface area contributed by atoms with Crippen LogP contribution >= 0.6 is 15.9 Å². The van der Waals surface area contributed by atoms with E-state index < -0.39 is 17.8 Å². The fraction of sp³-hybridized carbons (Fsp3) is 0.400. The van der Waals surface area contributed by atoms with Gasteiger partial charge in [-0.15, -0.1) is 10.2 Å². The third kappa shape index (κ3) is 4.93. The number of amides is 2. The maximum atomic E-state index is 13.4. The fourth-order valence-electron chi connectivity index (χ4n) is 4.88. The first-order valence-corrected chi connectivity index (χ1v) is 12.6. The van der Waals surface area contributed by atoms with Crippen LogP contribution in [0.2, 0.25) is 0 Å². The van der Waals surface area contributed by atoms with Crippen LogP contribution in [0, 0.1) is 6.92 Å². The zero-order valence-corrected chi connectivity index (χ0v) is 21.1. The number of rotatable bonds is 4. The lowest BCUT2D eigenvalue weighted by Gasteiger charge is -2.31.